The van der Waals surface area contributed by atoms with Gasteiger partial charge in [-0.05, 0) is 25.0 Å². The highest BCUT2D eigenvalue weighted by Crippen LogP contribution is 2.35. The maximum absolute atomic E-state index is 6.08. The molecule has 1 fully saturated rings. The smallest absolute Gasteiger partial charge is 0.198 e. The first-order chi connectivity index (χ1) is 7.84. The molecule has 3 heteroatoms. The van der Waals surface area contributed by atoms with Crippen LogP contribution in [0.1, 0.15) is 43.9 Å². The van der Waals surface area contributed by atoms with E-state index in [0.29, 0.717) is 10.9 Å². The van der Waals surface area contributed by atoms with Gasteiger partial charge in [0.05, 0.1) is 5.02 Å². The Hall–Kier alpha value is -1.02. The highest BCUT2D eigenvalue weighted by molar-refractivity contribution is 6.34. The quantitative estimate of drug-likeness (QED) is 0.726. The Morgan fingerprint density at radius 2 is 2.00 bits per heavy atom. The zero-order chi connectivity index (χ0) is 11.0. The average Bonchev–Trinajstić information content (AvgIpc) is 2.76. The summed E-state index contributed by atoms with van der Waals surface area (Å²) in [6.07, 6.45) is 6.32. The van der Waals surface area contributed by atoms with Gasteiger partial charge in [0, 0.05) is 5.92 Å². The molecule has 1 aliphatic carbocycles. The maximum atomic E-state index is 6.08. The van der Waals surface area contributed by atoms with Gasteiger partial charge in [0.25, 0.3) is 0 Å². The van der Waals surface area contributed by atoms with Gasteiger partial charge in [0.15, 0.2) is 11.5 Å². The van der Waals surface area contributed by atoms with Gasteiger partial charge in [-0.25, -0.2) is 4.98 Å². The van der Waals surface area contributed by atoms with Gasteiger partial charge < -0.3 is 4.42 Å². The lowest BCUT2D eigenvalue weighted by Gasteiger charge is -2.17. The van der Waals surface area contributed by atoms with Crippen molar-refractivity contribution in [3.63, 3.8) is 0 Å². The Bertz CT molecular complexity index is 500. The van der Waals surface area contributed by atoms with Crippen LogP contribution in [0.25, 0.3) is 11.1 Å². The fourth-order valence-electron chi connectivity index (χ4n) is 2.46. The molecule has 3 rings (SSSR count). The first-order valence-corrected chi connectivity index (χ1v) is 6.27. The molecule has 1 heterocycles. The molecule has 1 aromatic heterocycles. The number of nitrogens with zero attached hydrogens (tertiary/aromatic N) is 1. The van der Waals surface area contributed by atoms with Crippen molar-refractivity contribution >= 4 is 22.7 Å². The van der Waals surface area contributed by atoms with Crippen molar-refractivity contribution in [2.24, 2.45) is 0 Å². The van der Waals surface area contributed by atoms with Crippen LogP contribution in [-0.4, -0.2) is 4.98 Å². The van der Waals surface area contributed by atoms with E-state index in [1.54, 1.807) is 0 Å². The topological polar surface area (TPSA) is 26.0 Å². The predicted octanol–water partition coefficient (Wildman–Crippen LogP) is 4.53. The minimum absolute atomic E-state index is 0.497. The number of hydrogen-bond donors (Lipinski definition) is 0. The van der Waals surface area contributed by atoms with Crippen molar-refractivity contribution in [3.05, 3.63) is 29.1 Å². The highest BCUT2D eigenvalue weighted by atomic mass is 35.5. The first-order valence-electron chi connectivity index (χ1n) is 5.89. The van der Waals surface area contributed by atoms with Gasteiger partial charge >= 0.3 is 0 Å². The van der Waals surface area contributed by atoms with E-state index >= 15 is 0 Å². The molecule has 0 spiro atoms. The van der Waals surface area contributed by atoms with Crippen molar-refractivity contribution < 1.29 is 4.42 Å². The fraction of sp³-hybridized carbons (Fsp3) is 0.462. The molecular weight excluding hydrogens is 222 g/mol. The Kier molecular flexibility index (Phi) is 2.60. The summed E-state index contributed by atoms with van der Waals surface area (Å²) < 4.78 is 5.80. The lowest BCUT2D eigenvalue weighted by molar-refractivity contribution is 0.373. The second-order valence-electron chi connectivity index (χ2n) is 4.48. The molecular formula is C13H14ClNO. The SMILES string of the molecule is Clc1cccc2nc(C3CCCCC3)oc12. The second kappa shape index (κ2) is 4.10. The third-order valence-corrected chi connectivity index (χ3v) is 3.64. The summed E-state index contributed by atoms with van der Waals surface area (Å²) in [4.78, 5) is 4.55. The van der Waals surface area contributed by atoms with Crippen LogP contribution in [0.5, 0.6) is 0 Å². The molecule has 0 saturated heterocycles. The van der Waals surface area contributed by atoms with E-state index < -0.39 is 0 Å². The lowest BCUT2D eigenvalue weighted by atomic mass is 9.89. The molecule has 0 bridgehead atoms. The summed E-state index contributed by atoms with van der Waals surface area (Å²) in [6, 6.07) is 5.72. The predicted molar refractivity (Wildman–Crippen MR) is 64.8 cm³/mol. The second-order valence-corrected chi connectivity index (χ2v) is 4.88. The number of rotatable bonds is 1. The molecule has 16 heavy (non-hydrogen) atoms. The number of fused-ring (bicyclic) bond motifs is 1. The molecule has 1 saturated carbocycles. The monoisotopic (exact) mass is 235 g/mol. The van der Waals surface area contributed by atoms with E-state index in [1.807, 2.05) is 18.2 Å². The van der Waals surface area contributed by atoms with Crippen LogP contribution in [0.2, 0.25) is 5.02 Å². The van der Waals surface area contributed by atoms with Crippen LogP contribution >= 0.6 is 11.6 Å². The highest BCUT2D eigenvalue weighted by Gasteiger charge is 2.21. The minimum Gasteiger partial charge on any atom is -0.439 e. The summed E-state index contributed by atoms with van der Waals surface area (Å²) in [5.74, 6) is 1.38. The third kappa shape index (κ3) is 1.71. The fourth-order valence-corrected chi connectivity index (χ4v) is 2.66. The zero-order valence-corrected chi connectivity index (χ0v) is 9.83. The van der Waals surface area contributed by atoms with E-state index in [2.05, 4.69) is 4.98 Å². The lowest BCUT2D eigenvalue weighted by Crippen LogP contribution is -2.04. The van der Waals surface area contributed by atoms with Crippen molar-refractivity contribution in [1.29, 1.82) is 0 Å². The molecule has 2 aromatic rings. The van der Waals surface area contributed by atoms with Crippen LogP contribution in [0, 0.1) is 0 Å². The molecule has 2 nitrogen and oxygen atoms in total. The van der Waals surface area contributed by atoms with Gasteiger partial charge in [0.2, 0.25) is 0 Å². The molecule has 0 N–H and O–H groups in total. The summed E-state index contributed by atoms with van der Waals surface area (Å²) in [7, 11) is 0. The van der Waals surface area contributed by atoms with E-state index in [0.717, 1.165) is 17.0 Å². The Morgan fingerprint density at radius 1 is 1.19 bits per heavy atom. The molecule has 84 valence electrons. The third-order valence-electron chi connectivity index (χ3n) is 3.34. The molecule has 0 amide bonds. The molecule has 0 unspecified atom stereocenters. The van der Waals surface area contributed by atoms with Crippen molar-refractivity contribution in [2.45, 2.75) is 38.0 Å². The summed E-state index contributed by atoms with van der Waals surface area (Å²) in [5, 5.41) is 0.659. The zero-order valence-electron chi connectivity index (χ0n) is 9.08. The van der Waals surface area contributed by atoms with E-state index in [9.17, 15) is 0 Å². The van der Waals surface area contributed by atoms with E-state index in [-0.39, 0.29) is 0 Å². The number of halogens is 1. The summed E-state index contributed by atoms with van der Waals surface area (Å²) in [6.45, 7) is 0. The van der Waals surface area contributed by atoms with E-state index in [1.165, 1.54) is 32.1 Å². The average molecular weight is 236 g/mol. The van der Waals surface area contributed by atoms with Crippen LogP contribution in [0.3, 0.4) is 0 Å². The van der Waals surface area contributed by atoms with Crippen LogP contribution in [0.15, 0.2) is 22.6 Å². The van der Waals surface area contributed by atoms with Crippen molar-refractivity contribution in [3.8, 4) is 0 Å². The summed E-state index contributed by atoms with van der Waals surface area (Å²) in [5.41, 5.74) is 1.62. The van der Waals surface area contributed by atoms with Crippen molar-refractivity contribution in [1.82, 2.24) is 4.98 Å². The minimum atomic E-state index is 0.497. The first kappa shape index (κ1) is 10.2. The van der Waals surface area contributed by atoms with Crippen LogP contribution in [0.4, 0.5) is 0 Å². The van der Waals surface area contributed by atoms with Crippen LogP contribution in [-0.2, 0) is 0 Å². The maximum Gasteiger partial charge on any atom is 0.198 e. The molecule has 0 aliphatic heterocycles. The molecule has 0 radical (unpaired) electrons. The Labute approximate surface area is 99.6 Å². The van der Waals surface area contributed by atoms with Crippen LogP contribution < -0.4 is 0 Å². The van der Waals surface area contributed by atoms with Gasteiger partial charge in [-0.3, -0.25) is 0 Å². The molecule has 0 atom stereocenters. The standard InChI is InChI=1S/C13H14ClNO/c14-10-7-4-8-11-12(10)16-13(15-11)9-5-2-1-3-6-9/h4,7-9H,1-3,5-6H2. The van der Waals surface area contributed by atoms with Gasteiger partial charge in [0.1, 0.15) is 5.52 Å². The van der Waals surface area contributed by atoms with Gasteiger partial charge in [-0.15, -0.1) is 0 Å². The summed E-state index contributed by atoms with van der Waals surface area (Å²) >= 11 is 6.08. The van der Waals surface area contributed by atoms with E-state index in [4.69, 9.17) is 16.0 Å². The molecule has 1 aliphatic rings. The Morgan fingerprint density at radius 3 is 2.75 bits per heavy atom. The van der Waals surface area contributed by atoms with Gasteiger partial charge in [-0.1, -0.05) is 36.9 Å². The number of hydrogen-bond acceptors (Lipinski definition) is 2. The largest absolute Gasteiger partial charge is 0.439 e. The Balaban J connectivity index is 2.01. The molecule has 1 aromatic carbocycles. The normalized spacial score (nSPS) is 18.1. The number of benzene rings is 1. The number of aromatic nitrogens is 1. The van der Waals surface area contributed by atoms with Gasteiger partial charge in [-0.2, -0.15) is 0 Å². The number of para-hydroxylation sites is 1. The van der Waals surface area contributed by atoms with Crippen molar-refractivity contribution in [2.75, 3.05) is 0 Å². The number of oxazole rings is 1.